The van der Waals surface area contributed by atoms with E-state index in [4.69, 9.17) is 5.73 Å². The first-order valence-corrected chi connectivity index (χ1v) is 9.28. The van der Waals surface area contributed by atoms with Gasteiger partial charge >= 0.3 is 11.9 Å². The van der Waals surface area contributed by atoms with E-state index in [2.05, 4.69) is 20.1 Å². The molecule has 0 aliphatic rings. The summed E-state index contributed by atoms with van der Waals surface area (Å²) in [5.74, 6) is -7.37. The molecule has 0 bridgehead atoms. The number of hydrogen-bond donors (Lipinski definition) is 3. The van der Waals surface area contributed by atoms with Gasteiger partial charge in [0.2, 0.25) is 17.7 Å². The van der Waals surface area contributed by atoms with Gasteiger partial charge in [-0.3, -0.25) is 24.0 Å². The minimum Gasteiger partial charge on any atom is -0.468 e. The first-order chi connectivity index (χ1) is 14.5. The number of halogens is 1. The van der Waals surface area contributed by atoms with Gasteiger partial charge in [0.1, 0.15) is 17.9 Å². The average molecular weight is 439 g/mol. The molecule has 3 amide bonds. The Morgan fingerprint density at radius 1 is 1.00 bits per heavy atom. The van der Waals surface area contributed by atoms with Crippen LogP contribution in [0.5, 0.6) is 0 Å². The van der Waals surface area contributed by atoms with E-state index < -0.39 is 59.4 Å². The van der Waals surface area contributed by atoms with E-state index in [1.807, 2.05) is 0 Å². The molecule has 0 aliphatic carbocycles. The van der Waals surface area contributed by atoms with Gasteiger partial charge in [-0.25, -0.2) is 4.39 Å². The third kappa shape index (κ3) is 7.36. The highest BCUT2D eigenvalue weighted by atomic mass is 19.1. The van der Waals surface area contributed by atoms with Gasteiger partial charge in [-0.1, -0.05) is 19.1 Å². The normalized spacial score (nSPS) is 13.5. The van der Waals surface area contributed by atoms with Gasteiger partial charge in [0.15, 0.2) is 5.92 Å². The van der Waals surface area contributed by atoms with Crippen molar-refractivity contribution >= 4 is 29.7 Å². The number of methoxy groups -OCH3 is 2. The number of primary amides is 1. The Balaban J connectivity index is 3.12. The molecule has 11 heteroatoms. The number of ether oxygens (including phenoxy) is 2. The number of benzene rings is 1. The highest BCUT2D eigenvalue weighted by Crippen LogP contribution is 2.20. The molecule has 31 heavy (non-hydrogen) atoms. The van der Waals surface area contributed by atoms with Crippen LogP contribution in [-0.4, -0.2) is 56.0 Å². The summed E-state index contributed by atoms with van der Waals surface area (Å²) >= 11 is 0. The van der Waals surface area contributed by atoms with Gasteiger partial charge in [0, 0.05) is 19.3 Å². The topological polar surface area (TPSA) is 154 Å². The molecule has 4 N–H and O–H groups in total. The number of carbonyl (C=O) groups excluding carboxylic acids is 5. The van der Waals surface area contributed by atoms with Crippen LogP contribution in [0.4, 0.5) is 4.39 Å². The first kappa shape index (κ1) is 25.5. The number of nitrogens with one attached hydrogen (secondary N) is 2. The van der Waals surface area contributed by atoms with Crippen LogP contribution < -0.4 is 16.4 Å². The zero-order valence-electron chi connectivity index (χ0n) is 17.6. The van der Waals surface area contributed by atoms with Gasteiger partial charge in [-0.05, 0) is 17.7 Å². The fourth-order valence-electron chi connectivity index (χ4n) is 3.00. The zero-order valence-corrected chi connectivity index (χ0v) is 17.6. The maximum absolute atomic E-state index is 13.1. The monoisotopic (exact) mass is 439 g/mol. The summed E-state index contributed by atoms with van der Waals surface area (Å²) in [5.41, 5.74) is 5.93. The average Bonchev–Trinajstić information content (AvgIpc) is 2.71. The first-order valence-electron chi connectivity index (χ1n) is 9.28. The lowest BCUT2D eigenvalue weighted by atomic mass is 9.86. The smallest absolute Gasteiger partial charge is 0.320 e. The molecule has 0 unspecified atom stereocenters. The van der Waals surface area contributed by atoms with Gasteiger partial charge in [0.25, 0.3) is 0 Å². The van der Waals surface area contributed by atoms with Crippen molar-refractivity contribution < 1.29 is 37.8 Å². The third-order valence-corrected chi connectivity index (χ3v) is 4.61. The molecule has 0 saturated heterocycles. The van der Waals surface area contributed by atoms with E-state index in [1.54, 1.807) is 0 Å². The molecule has 0 radical (unpaired) electrons. The Kier molecular flexibility index (Phi) is 9.58. The minimum atomic E-state index is -1.52. The number of esters is 2. The summed E-state index contributed by atoms with van der Waals surface area (Å²) < 4.78 is 22.3. The SMILES string of the molecule is COC(=O)C(C(=O)OC)[C@H](C)[C@@H](NC(=O)[C@H](Cc1ccc(F)cc1)NC(C)=O)C(N)=O. The Morgan fingerprint density at radius 3 is 1.94 bits per heavy atom. The summed E-state index contributed by atoms with van der Waals surface area (Å²) in [6.07, 6.45) is -0.0109. The molecule has 1 rings (SSSR count). The minimum absolute atomic E-state index is 0.0109. The molecular weight excluding hydrogens is 413 g/mol. The van der Waals surface area contributed by atoms with Crippen molar-refractivity contribution in [2.75, 3.05) is 14.2 Å². The van der Waals surface area contributed by atoms with Crippen molar-refractivity contribution in [3.8, 4) is 0 Å². The van der Waals surface area contributed by atoms with E-state index in [0.29, 0.717) is 5.56 Å². The predicted octanol–water partition coefficient (Wildman–Crippen LogP) is -0.559. The van der Waals surface area contributed by atoms with E-state index in [1.165, 1.54) is 38.1 Å². The maximum Gasteiger partial charge on any atom is 0.320 e. The molecule has 0 fully saturated rings. The van der Waals surface area contributed by atoms with Crippen LogP contribution in [-0.2, 0) is 39.9 Å². The number of amides is 3. The molecule has 1 aromatic rings. The van der Waals surface area contributed by atoms with Crippen LogP contribution in [0.25, 0.3) is 0 Å². The van der Waals surface area contributed by atoms with E-state index >= 15 is 0 Å². The van der Waals surface area contributed by atoms with E-state index in [9.17, 15) is 28.4 Å². The Bertz CT molecular complexity index is 813. The van der Waals surface area contributed by atoms with Gasteiger partial charge in [-0.15, -0.1) is 0 Å². The summed E-state index contributed by atoms with van der Waals surface area (Å²) in [7, 11) is 2.11. The lowest BCUT2D eigenvalue weighted by molar-refractivity contribution is -0.162. The molecule has 0 aliphatic heterocycles. The molecule has 0 spiro atoms. The molecule has 170 valence electrons. The summed E-state index contributed by atoms with van der Waals surface area (Å²) in [6, 6.07) is 2.69. The Hall–Kier alpha value is -3.50. The Labute approximate surface area is 178 Å². The lowest BCUT2D eigenvalue weighted by Crippen LogP contribution is -2.57. The largest absolute Gasteiger partial charge is 0.468 e. The second-order valence-corrected chi connectivity index (χ2v) is 6.86. The van der Waals surface area contributed by atoms with Crippen molar-refractivity contribution in [1.29, 1.82) is 0 Å². The fourth-order valence-corrected chi connectivity index (χ4v) is 3.00. The molecule has 10 nitrogen and oxygen atoms in total. The van der Waals surface area contributed by atoms with Crippen molar-refractivity contribution in [2.24, 2.45) is 17.6 Å². The van der Waals surface area contributed by atoms with Gasteiger partial charge in [-0.2, -0.15) is 0 Å². The summed E-state index contributed by atoms with van der Waals surface area (Å²) in [5, 5.41) is 4.82. The van der Waals surface area contributed by atoms with Crippen molar-refractivity contribution in [1.82, 2.24) is 10.6 Å². The van der Waals surface area contributed by atoms with E-state index in [0.717, 1.165) is 14.2 Å². The van der Waals surface area contributed by atoms with Crippen molar-refractivity contribution in [3.05, 3.63) is 35.6 Å². The quantitative estimate of drug-likeness (QED) is 0.326. The van der Waals surface area contributed by atoms with Crippen LogP contribution in [0.1, 0.15) is 19.4 Å². The maximum atomic E-state index is 13.1. The van der Waals surface area contributed by atoms with Crippen LogP contribution in [0.3, 0.4) is 0 Å². The summed E-state index contributed by atoms with van der Waals surface area (Å²) in [4.78, 5) is 60.5. The summed E-state index contributed by atoms with van der Waals surface area (Å²) in [6.45, 7) is 2.55. The second kappa shape index (κ2) is 11.6. The predicted molar refractivity (Wildman–Crippen MR) is 106 cm³/mol. The molecule has 3 atom stereocenters. The highest BCUT2D eigenvalue weighted by Gasteiger charge is 2.41. The number of nitrogens with two attached hydrogens (primary N) is 1. The number of carbonyl (C=O) groups is 5. The molecule has 0 heterocycles. The van der Waals surface area contributed by atoms with Crippen LogP contribution >= 0.6 is 0 Å². The number of rotatable bonds is 10. The number of hydrogen-bond acceptors (Lipinski definition) is 7. The van der Waals surface area contributed by atoms with Gasteiger partial charge < -0.3 is 25.8 Å². The Morgan fingerprint density at radius 2 is 1.52 bits per heavy atom. The molecule has 0 aromatic heterocycles. The van der Waals surface area contributed by atoms with E-state index in [-0.39, 0.29) is 6.42 Å². The van der Waals surface area contributed by atoms with Gasteiger partial charge in [0.05, 0.1) is 14.2 Å². The molecule has 1 aromatic carbocycles. The lowest BCUT2D eigenvalue weighted by Gasteiger charge is -2.28. The van der Waals surface area contributed by atoms with Crippen LogP contribution in [0.2, 0.25) is 0 Å². The zero-order chi connectivity index (χ0) is 23.7. The van der Waals surface area contributed by atoms with Crippen molar-refractivity contribution in [2.45, 2.75) is 32.4 Å². The second-order valence-electron chi connectivity index (χ2n) is 6.86. The standard InChI is InChI=1S/C20H26FN3O7/c1-10(15(19(28)30-3)20(29)31-4)16(17(22)26)24-18(27)14(23-11(2)25)9-12-5-7-13(21)8-6-12/h5-8,10,14-16H,9H2,1-4H3,(H2,22,26)(H,23,25)(H,24,27)/t10-,14-,16+/m0/s1. The van der Waals surface area contributed by atoms with Crippen LogP contribution in [0, 0.1) is 17.7 Å². The fraction of sp³-hybridized carbons (Fsp3) is 0.450. The van der Waals surface area contributed by atoms with Crippen LogP contribution in [0.15, 0.2) is 24.3 Å². The third-order valence-electron chi connectivity index (χ3n) is 4.61. The molecule has 0 saturated carbocycles. The van der Waals surface area contributed by atoms with Crippen molar-refractivity contribution in [3.63, 3.8) is 0 Å². The highest BCUT2D eigenvalue weighted by molar-refractivity contribution is 5.97. The molecular formula is C20H26FN3O7.